The van der Waals surface area contributed by atoms with Crippen molar-refractivity contribution in [1.29, 1.82) is 0 Å². The predicted molar refractivity (Wildman–Crippen MR) is 84.6 cm³/mol. The summed E-state index contributed by atoms with van der Waals surface area (Å²) in [5.74, 6) is 0.725. The van der Waals surface area contributed by atoms with Gasteiger partial charge in [-0.1, -0.05) is 13.0 Å². The quantitative estimate of drug-likeness (QED) is 0.835. The molecular weight excluding hydrogens is 264 g/mol. The molecule has 0 aromatic carbocycles. The normalized spacial score (nSPS) is 23.8. The second kappa shape index (κ2) is 8.35. The fraction of sp³-hybridized carbons (Fsp3) is 0.706. The number of pyridine rings is 1. The second-order valence-corrected chi connectivity index (χ2v) is 5.87. The highest BCUT2D eigenvalue weighted by atomic mass is 16.5. The number of methoxy groups -OCH3 is 1. The van der Waals surface area contributed by atoms with Gasteiger partial charge < -0.3 is 14.8 Å². The molecule has 1 N–H and O–H groups in total. The zero-order chi connectivity index (χ0) is 15.1. The third-order valence-electron chi connectivity index (χ3n) is 4.16. The van der Waals surface area contributed by atoms with Crippen LogP contribution in [-0.4, -0.2) is 30.8 Å². The molecular formula is C17H28N2O2. The number of hydrogen-bond acceptors (Lipinski definition) is 4. The van der Waals surface area contributed by atoms with Gasteiger partial charge in [0.15, 0.2) is 0 Å². The predicted octanol–water partition coefficient (Wildman–Crippen LogP) is 3.48. The van der Waals surface area contributed by atoms with Gasteiger partial charge in [0.1, 0.15) is 6.10 Å². The van der Waals surface area contributed by atoms with Gasteiger partial charge in [-0.15, -0.1) is 0 Å². The summed E-state index contributed by atoms with van der Waals surface area (Å²) in [7, 11) is 1.78. The van der Waals surface area contributed by atoms with Crippen molar-refractivity contribution < 1.29 is 9.47 Å². The van der Waals surface area contributed by atoms with Crippen molar-refractivity contribution in [3.8, 4) is 5.88 Å². The van der Waals surface area contributed by atoms with Crippen molar-refractivity contribution in [2.45, 2.75) is 64.2 Å². The Labute approximate surface area is 128 Å². The largest absolute Gasteiger partial charge is 0.474 e. The first kappa shape index (κ1) is 16.2. The molecule has 3 atom stereocenters. The Morgan fingerprint density at radius 1 is 1.33 bits per heavy atom. The topological polar surface area (TPSA) is 43.4 Å². The van der Waals surface area contributed by atoms with Crippen molar-refractivity contribution in [3.05, 3.63) is 23.9 Å². The van der Waals surface area contributed by atoms with Crippen LogP contribution in [0.2, 0.25) is 0 Å². The SMILES string of the molecule is CCCNC(C)c1ccc(OC2CCCC(OC)C2)nc1. The average Bonchev–Trinajstić information content (AvgIpc) is 2.53. The molecule has 21 heavy (non-hydrogen) atoms. The molecule has 1 aliphatic carbocycles. The van der Waals surface area contributed by atoms with Crippen molar-refractivity contribution in [3.63, 3.8) is 0 Å². The molecule has 4 nitrogen and oxygen atoms in total. The van der Waals surface area contributed by atoms with E-state index >= 15 is 0 Å². The minimum Gasteiger partial charge on any atom is -0.474 e. The van der Waals surface area contributed by atoms with E-state index in [0.29, 0.717) is 12.1 Å². The summed E-state index contributed by atoms with van der Waals surface area (Å²) in [5.41, 5.74) is 1.20. The Morgan fingerprint density at radius 2 is 2.14 bits per heavy atom. The van der Waals surface area contributed by atoms with Crippen LogP contribution in [0.4, 0.5) is 0 Å². The minimum absolute atomic E-state index is 0.234. The molecule has 1 aromatic rings. The van der Waals surface area contributed by atoms with E-state index in [1.807, 2.05) is 12.3 Å². The molecule has 1 aliphatic rings. The first-order valence-corrected chi connectivity index (χ1v) is 8.11. The summed E-state index contributed by atoms with van der Waals surface area (Å²) in [6, 6.07) is 4.42. The fourth-order valence-corrected chi connectivity index (χ4v) is 2.79. The van der Waals surface area contributed by atoms with Crippen LogP contribution in [0.25, 0.3) is 0 Å². The monoisotopic (exact) mass is 292 g/mol. The number of nitrogens with zero attached hydrogens (tertiary/aromatic N) is 1. The maximum atomic E-state index is 5.99. The summed E-state index contributed by atoms with van der Waals surface area (Å²) >= 11 is 0. The van der Waals surface area contributed by atoms with E-state index in [0.717, 1.165) is 38.1 Å². The summed E-state index contributed by atoms with van der Waals surface area (Å²) in [4.78, 5) is 4.45. The Hall–Kier alpha value is -1.13. The number of aromatic nitrogens is 1. The smallest absolute Gasteiger partial charge is 0.213 e. The number of hydrogen-bond donors (Lipinski definition) is 1. The molecule has 0 amide bonds. The maximum Gasteiger partial charge on any atom is 0.213 e. The third kappa shape index (κ3) is 4.97. The number of rotatable bonds is 7. The molecule has 2 rings (SSSR count). The van der Waals surface area contributed by atoms with Gasteiger partial charge in [-0.2, -0.15) is 0 Å². The van der Waals surface area contributed by atoms with Crippen LogP contribution >= 0.6 is 0 Å². The van der Waals surface area contributed by atoms with Gasteiger partial charge in [0.05, 0.1) is 6.10 Å². The summed E-state index contributed by atoms with van der Waals surface area (Å²) in [6.07, 6.45) is 7.99. The van der Waals surface area contributed by atoms with Gasteiger partial charge in [0.25, 0.3) is 0 Å². The van der Waals surface area contributed by atoms with Crippen molar-refractivity contribution >= 4 is 0 Å². The van der Waals surface area contributed by atoms with Crippen LogP contribution in [-0.2, 0) is 4.74 Å². The van der Waals surface area contributed by atoms with E-state index in [2.05, 4.69) is 30.2 Å². The highest BCUT2D eigenvalue weighted by Gasteiger charge is 2.23. The second-order valence-electron chi connectivity index (χ2n) is 5.87. The van der Waals surface area contributed by atoms with Crippen molar-refractivity contribution in [2.24, 2.45) is 0 Å². The van der Waals surface area contributed by atoms with E-state index < -0.39 is 0 Å². The molecule has 1 aromatic heterocycles. The average molecular weight is 292 g/mol. The standard InChI is InChI=1S/C17H28N2O2/c1-4-10-18-13(2)14-8-9-17(19-12-14)21-16-7-5-6-15(11-16)20-3/h8-9,12-13,15-16,18H,4-7,10-11H2,1-3H3. The molecule has 0 bridgehead atoms. The van der Waals surface area contributed by atoms with E-state index in [1.54, 1.807) is 7.11 Å². The van der Waals surface area contributed by atoms with E-state index in [-0.39, 0.29) is 6.10 Å². The highest BCUT2D eigenvalue weighted by Crippen LogP contribution is 2.24. The molecule has 3 unspecified atom stereocenters. The molecule has 0 saturated heterocycles. The molecule has 4 heteroatoms. The first-order valence-electron chi connectivity index (χ1n) is 8.11. The molecule has 0 aliphatic heterocycles. The van der Waals surface area contributed by atoms with Gasteiger partial charge in [0, 0.05) is 31.8 Å². The molecule has 0 spiro atoms. The van der Waals surface area contributed by atoms with Crippen LogP contribution in [0.5, 0.6) is 5.88 Å². The third-order valence-corrected chi connectivity index (χ3v) is 4.16. The van der Waals surface area contributed by atoms with Crippen LogP contribution in [0, 0.1) is 0 Å². The van der Waals surface area contributed by atoms with E-state index in [9.17, 15) is 0 Å². The van der Waals surface area contributed by atoms with Gasteiger partial charge in [-0.25, -0.2) is 4.98 Å². The lowest BCUT2D eigenvalue weighted by molar-refractivity contribution is 0.0195. The zero-order valence-corrected chi connectivity index (χ0v) is 13.5. The van der Waals surface area contributed by atoms with Gasteiger partial charge >= 0.3 is 0 Å². The molecule has 1 fully saturated rings. The molecule has 0 radical (unpaired) electrons. The maximum absolute atomic E-state index is 5.99. The summed E-state index contributed by atoms with van der Waals surface area (Å²) in [6.45, 7) is 5.36. The van der Waals surface area contributed by atoms with Crippen molar-refractivity contribution in [1.82, 2.24) is 10.3 Å². The van der Waals surface area contributed by atoms with Crippen LogP contribution in [0.1, 0.15) is 57.6 Å². The molecule has 1 heterocycles. The highest BCUT2D eigenvalue weighted by molar-refractivity contribution is 5.20. The van der Waals surface area contributed by atoms with Gasteiger partial charge in [0.2, 0.25) is 5.88 Å². The van der Waals surface area contributed by atoms with E-state index in [4.69, 9.17) is 9.47 Å². The first-order chi connectivity index (χ1) is 10.2. The summed E-state index contributed by atoms with van der Waals surface area (Å²) in [5, 5.41) is 3.47. The Kier molecular flexibility index (Phi) is 6.46. The van der Waals surface area contributed by atoms with E-state index in [1.165, 1.54) is 12.0 Å². The Balaban J connectivity index is 1.87. The molecule has 1 saturated carbocycles. The lowest BCUT2D eigenvalue weighted by Gasteiger charge is -2.28. The van der Waals surface area contributed by atoms with Gasteiger partial charge in [-0.05, 0) is 44.7 Å². The summed E-state index contributed by atoms with van der Waals surface area (Å²) < 4.78 is 11.4. The lowest BCUT2D eigenvalue weighted by Crippen LogP contribution is -2.29. The lowest BCUT2D eigenvalue weighted by atomic mass is 9.95. The Morgan fingerprint density at radius 3 is 2.81 bits per heavy atom. The van der Waals surface area contributed by atoms with Crippen LogP contribution in [0.15, 0.2) is 18.3 Å². The van der Waals surface area contributed by atoms with Crippen molar-refractivity contribution in [2.75, 3.05) is 13.7 Å². The van der Waals surface area contributed by atoms with Crippen LogP contribution < -0.4 is 10.1 Å². The zero-order valence-electron chi connectivity index (χ0n) is 13.5. The fourth-order valence-electron chi connectivity index (χ4n) is 2.79. The molecule has 118 valence electrons. The number of ether oxygens (including phenoxy) is 2. The van der Waals surface area contributed by atoms with Crippen LogP contribution in [0.3, 0.4) is 0 Å². The van der Waals surface area contributed by atoms with Gasteiger partial charge in [-0.3, -0.25) is 0 Å². The number of nitrogens with one attached hydrogen (secondary N) is 1. The Bertz CT molecular complexity index is 408. The minimum atomic E-state index is 0.234.